The van der Waals surface area contributed by atoms with Crippen molar-refractivity contribution < 1.29 is 28.2 Å². The zero-order valence-corrected chi connectivity index (χ0v) is 22.5. The van der Waals surface area contributed by atoms with Gasteiger partial charge in [0, 0.05) is 34.9 Å². The Labute approximate surface area is 222 Å². The van der Waals surface area contributed by atoms with Gasteiger partial charge < -0.3 is 19.5 Å². The van der Waals surface area contributed by atoms with Crippen LogP contribution in [0.15, 0.2) is 53.4 Å². The molecule has 0 radical (unpaired) electrons. The van der Waals surface area contributed by atoms with Crippen LogP contribution in [0.2, 0.25) is 0 Å². The predicted octanol–water partition coefficient (Wildman–Crippen LogP) is 5.62. The zero-order valence-electron chi connectivity index (χ0n) is 21.0. The molecule has 11 heteroatoms. The first kappa shape index (κ1) is 28.0. The smallest absolute Gasteiger partial charge is 0.407 e. The van der Waals surface area contributed by atoms with Gasteiger partial charge >= 0.3 is 12.1 Å². The monoisotopic (exact) mass is 574 g/mol. The third-order valence-corrected chi connectivity index (χ3v) is 5.15. The van der Waals surface area contributed by atoms with Gasteiger partial charge in [-0.05, 0) is 74.0 Å². The van der Waals surface area contributed by atoms with Crippen LogP contribution in [0.25, 0.3) is 11.3 Å². The molecule has 0 fully saturated rings. The number of nitrogens with one attached hydrogen (secondary N) is 1. The van der Waals surface area contributed by atoms with Crippen molar-refractivity contribution in [1.29, 1.82) is 0 Å². The van der Waals surface area contributed by atoms with Crippen molar-refractivity contribution in [2.45, 2.75) is 52.2 Å². The fourth-order valence-electron chi connectivity index (χ4n) is 3.25. The molecule has 37 heavy (non-hydrogen) atoms. The number of carbonyl (C=O) groups is 2. The molecule has 2 heterocycles. The number of halogens is 2. The van der Waals surface area contributed by atoms with E-state index < -0.39 is 29.5 Å². The van der Waals surface area contributed by atoms with E-state index in [1.165, 1.54) is 12.3 Å². The number of pyridine rings is 1. The lowest BCUT2D eigenvalue weighted by atomic mass is 10.1. The molecule has 0 aliphatic carbocycles. The molecule has 2 aromatic heterocycles. The van der Waals surface area contributed by atoms with Crippen LogP contribution in [0.5, 0.6) is 11.6 Å². The van der Waals surface area contributed by atoms with E-state index in [0.29, 0.717) is 21.6 Å². The maximum absolute atomic E-state index is 14.0. The van der Waals surface area contributed by atoms with E-state index in [1.54, 1.807) is 64.4 Å². The van der Waals surface area contributed by atoms with Crippen LogP contribution < -0.4 is 10.1 Å². The number of hydrogen-bond acceptors (Lipinski definition) is 8. The number of carbonyl (C=O) groups excluding carboxylic acids is 2. The quantitative estimate of drug-likeness (QED) is 0.327. The van der Waals surface area contributed by atoms with E-state index in [9.17, 15) is 14.0 Å². The largest absolute Gasteiger partial charge is 0.466 e. The summed E-state index contributed by atoms with van der Waals surface area (Å²) in [4.78, 5) is 37.2. The highest BCUT2D eigenvalue weighted by Crippen LogP contribution is 2.26. The van der Waals surface area contributed by atoms with Crippen molar-refractivity contribution in [3.05, 3.63) is 64.9 Å². The minimum absolute atomic E-state index is 0.0499. The van der Waals surface area contributed by atoms with Crippen molar-refractivity contribution in [3.8, 4) is 22.9 Å². The Bertz CT molecular complexity index is 1230. The highest BCUT2D eigenvalue weighted by atomic mass is 79.9. The second kappa shape index (κ2) is 12.6. The third-order valence-electron chi connectivity index (χ3n) is 4.72. The van der Waals surface area contributed by atoms with E-state index in [2.05, 4.69) is 36.2 Å². The number of alkyl carbamates (subject to hydrolysis) is 1. The Hall–Kier alpha value is -3.60. The number of benzene rings is 1. The average Bonchev–Trinajstić information content (AvgIpc) is 2.80. The fraction of sp³-hybridized carbons (Fsp3) is 0.346. The van der Waals surface area contributed by atoms with Crippen molar-refractivity contribution in [1.82, 2.24) is 20.3 Å². The lowest BCUT2D eigenvalue weighted by Gasteiger charge is -2.23. The van der Waals surface area contributed by atoms with Crippen LogP contribution in [0.1, 0.15) is 39.8 Å². The first-order chi connectivity index (χ1) is 17.5. The Morgan fingerprint density at radius 2 is 1.86 bits per heavy atom. The molecule has 0 aliphatic heterocycles. The Kier molecular flexibility index (Phi) is 9.51. The van der Waals surface area contributed by atoms with E-state index in [-0.39, 0.29) is 25.3 Å². The summed E-state index contributed by atoms with van der Waals surface area (Å²) in [5.41, 5.74) is 1.19. The molecule has 0 bridgehead atoms. The topological polar surface area (TPSA) is 113 Å². The Balaban J connectivity index is 1.73. The second-order valence-corrected chi connectivity index (χ2v) is 9.93. The molecule has 9 nitrogen and oxygen atoms in total. The molecule has 1 N–H and O–H groups in total. The van der Waals surface area contributed by atoms with Gasteiger partial charge in [0.25, 0.3) is 5.88 Å². The normalized spacial score (nSPS) is 11.9. The van der Waals surface area contributed by atoms with Gasteiger partial charge in [-0.25, -0.2) is 19.2 Å². The highest BCUT2D eigenvalue weighted by molar-refractivity contribution is 9.10. The Morgan fingerprint density at radius 3 is 2.51 bits per heavy atom. The minimum Gasteiger partial charge on any atom is -0.466 e. The SMILES string of the molecule is CCOC(=O)CC(Cc1cncc(-c2ccc(Oc3ncc(Br)cc3F)cc2)n1)NC(=O)OC(C)(C)C. The fourth-order valence-corrected chi connectivity index (χ4v) is 3.55. The molecule has 1 amide bonds. The first-order valence-electron chi connectivity index (χ1n) is 11.6. The van der Waals surface area contributed by atoms with Crippen LogP contribution in [-0.2, 0) is 20.7 Å². The first-order valence-corrected chi connectivity index (χ1v) is 12.4. The molecule has 0 aliphatic rings. The van der Waals surface area contributed by atoms with Gasteiger partial charge in [-0.1, -0.05) is 0 Å². The molecule has 196 valence electrons. The van der Waals surface area contributed by atoms with E-state index in [0.717, 1.165) is 5.56 Å². The summed E-state index contributed by atoms with van der Waals surface area (Å²) in [7, 11) is 0. The van der Waals surface area contributed by atoms with Gasteiger partial charge in [0.1, 0.15) is 11.4 Å². The number of aromatic nitrogens is 3. The van der Waals surface area contributed by atoms with E-state index in [1.807, 2.05) is 0 Å². The standard InChI is InChI=1S/C26H28BrFN4O5/c1-5-35-23(33)12-18(32-25(34)37-26(2,3)4)11-19-14-29-15-22(31-19)16-6-8-20(9-7-16)36-24-21(28)10-17(27)13-30-24/h6-10,13-15,18H,5,11-12H2,1-4H3,(H,32,34). The van der Waals surface area contributed by atoms with Gasteiger partial charge in [-0.3, -0.25) is 9.78 Å². The molecule has 1 atom stereocenters. The predicted molar refractivity (Wildman–Crippen MR) is 138 cm³/mol. The van der Waals surface area contributed by atoms with Crippen LogP contribution in [0.3, 0.4) is 0 Å². The zero-order chi connectivity index (χ0) is 27.0. The molecule has 0 saturated heterocycles. The minimum atomic E-state index is -0.687. The number of esters is 1. The second-order valence-electron chi connectivity index (χ2n) is 9.02. The van der Waals surface area contributed by atoms with E-state index >= 15 is 0 Å². The summed E-state index contributed by atoms with van der Waals surface area (Å²) in [5, 5.41) is 2.72. The summed E-state index contributed by atoms with van der Waals surface area (Å²) < 4.78 is 30.4. The maximum atomic E-state index is 14.0. The van der Waals surface area contributed by atoms with Crippen LogP contribution in [0.4, 0.5) is 9.18 Å². The van der Waals surface area contributed by atoms with Crippen molar-refractivity contribution >= 4 is 28.0 Å². The van der Waals surface area contributed by atoms with Gasteiger partial charge in [-0.2, -0.15) is 0 Å². The highest BCUT2D eigenvalue weighted by Gasteiger charge is 2.23. The number of rotatable bonds is 9. The summed E-state index contributed by atoms with van der Waals surface area (Å²) in [5.74, 6) is -0.769. The van der Waals surface area contributed by atoms with Gasteiger partial charge in [0.05, 0.1) is 30.6 Å². The van der Waals surface area contributed by atoms with Crippen LogP contribution in [0, 0.1) is 5.82 Å². The van der Waals surface area contributed by atoms with E-state index in [4.69, 9.17) is 14.2 Å². The molecule has 0 saturated carbocycles. The van der Waals surface area contributed by atoms with Crippen LogP contribution >= 0.6 is 15.9 Å². The summed E-state index contributed by atoms with van der Waals surface area (Å²) >= 11 is 3.16. The van der Waals surface area contributed by atoms with Gasteiger partial charge in [0.2, 0.25) is 0 Å². The number of ether oxygens (including phenoxy) is 3. The van der Waals surface area contributed by atoms with Gasteiger partial charge in [-0.15, -0.1) is 0 Å². The van der Waals surface area contributed by atoms with Crippen molar-refractivity contribution in [3.63, 3.8) is 0 Å². The molecule has 1 aromatic carbocycles. The molecular weight excluding hydrogens is 547 g/mol. The summed E-state index contributed by atoms with van der Waals surface area (Å²) in [6, 6.07) is 7.51. The molecule has 1 unspecified atom stereocenters. The molecular formula is C26H28BrFN4O5. The molecule has 3 rings (SSSR count). The number of amides is 1. The molecule has 0 spiro atoms. The number of nitrogens with zero attached hydrogens (tertiary/aromatic N) is 3. The van der Waals surface area contributed by atoms with Crippen molar-refractivity contribution in [2.24, 2.45) is 0 Å². The maximum Gasteiger partial charge on any atom is 0.407 e. The van der Waals surface area contributed by atoms with Gasteiger partial charge in [0.15, 0.2) is 5.82 Å². The molecule has 3 aromatic rings. The lowest BCUT2D eigenvalue weighted by Crippen LogP contribution is -2.41. The lowest BCUT2D eigenvalue weighted by molar-refractivity contribution is -0.143. The summed E-state index contributed by atoms with van der Waals surface area (Å²) in [6.45, 7) is 7.21. The summed E-state index contributed by atoms with van der Waals surface area (Å²) in [6.07, 6.45) is 4.15. The van der Waals surface area contributed by atoms with Crippen molar-refractivity contribution in [2.75, 3.05) is 6.61 Å². The Morgan fingerprint density at radius 1 is 1.14 bits per heavy atom. The third kappa shape index (κ3) is 9.09. The average molecular weight is 575 g/mol. The van der Waals surface area contributed by atoms with Crippen LogP contribution in [-0.4, -0.2) is 45.3 Å². The number of hydrogen-bond donors (Lipinski definition) is 1.